The SMILES string of the molecule is CCN(C(=O)N[C@@H](CCO)C(=O)O)c1ccc(F)cc1. The summed E-state index contributed by atoms with van der Waals surface area (Å²) in [7, 11) is 0. The summed E-state index contributed by atoms with van der Waals surface area (Å²) in [4.78, 5) is 24.2. The lowest BCUT2D eigenvalue weighted by atomic mass is 10.2. The number of carboxylic acid groups (broad SMARTS) is 1. The predicted octanol–water partition coefficient (Wildman–Crippen LogP) is 1.20. The number of halogens is 1. The van der Waals surface area contributed by atoms with Crippen LogP contribution >= 0.6 is 0 Å². The average molecular weight is 284 g/mol. The van der Waals surface area contributed by atoms with E-state index in [2.05, 4.69) is 5.32 Å². The fourth-order valence-corrected chi connectivity index (χ4v) is 1.68. The number of carbonyl (C=O) groups excluding carboxylic acids is 1. The lowest BCUT2D eigenvalue weighted by Gasteiger charge is -2.23. The van der Waals surface area contributed by atoms with E-state index in [1.807, 2.05) is 0 Å². The third kappa shape index (κ3) is 4.20. The smallest absolute Gasteiger partial charge is 0.326 e. The van der Waals surface area contributed by atoms with Gasteiger partial charge in [0.2, 0.25) is 0 Å². The van der Waals surface area contributed by atoms with E-state index < -0.39 is 23.9 Å². The summed E-state index contributed by atoms with van der Waals surface area (Å²) in [6.07, 6.45) is -0.0813. The molecule has 0 unspecified atom stereocenters. The summed E-state index contributed by atoms with van der Waals surface area (Å²) in [5.74, 6) is -1.64. The molecule has 1 atom stereocenters. The van der Waals surface area contributed by atoms with Crippen molar-refractivity contribution in [3.05, 3.63) is 30.1 Å². The monoisotopic (exact) mass is 284 g/mol. The Bertz CT molecular complexity index is 464. The first kappa shape index (κ1) is 15.9. The number of urea groups is 1. The molecule has 0 aliphatic carbocycles. The highest BCUT2D eigenvalue weighted by molar-refractivity contribution is 5.94. The predicted molar refractivity (Wildman–Crippen MR) is 71.1 cm³/mol. The maximum atomic E-state index is 12.8. The molecular formula is C13H17FN2O4. The van der Waals surface area contributed by atoms with Crippen LogP contribution in [-0.2, 0) is 4.79 Å². The first-order valence-electron chi connectivity index (χ1n) is 6.16. The number of anilines is 1. The Hall–Kier alpha value is -2.15. The molecule has 7 heteroatoms. The van der Waals surface area contributed by atoms with Crippen LogP contribution in [-0.4, -0.2) is 41.4 Å². The molecule has 0 aliphatic heterocycles. The van der Waals surface area contributed by atoms with E-state index in [1.54, 1.807) is 6.92 Å². The van der Waals surface area contributed by atoms with Crippen molar-refractivity contribution in [2.24, 2.45) is 0 Å². The maximum Gasteiger partial charge on any atom is 0.326 e. The van der Waals surface area contributed by atoms with Crippen molar-refractivity contribution in [2.75, 3.05) is 18.1 Å². The number of benzene rings is 1. The molecule has 0 fully saturated rings. The van der Waals surface area contributed by atoms with Gasteiger partial charge in [0.15, 0.2) is 0 Å². The molecule has 1 rings (SSSR count). The highest BCUT2D eigenvalue weighted by Crippen LogP contribution is 2.15. The van der Waals surface area contributed by atoms with E-state index in [-0.39, 0.29) is 13.0 Å². The molecule has 0 saturated carbocycles. The van der Waals surface area contributed by atoms with Crippen LogP contribution in [0.2, 0.25) is 0 Å². The Morgan fingerprint density at radius 2 is 1.95 bits per heavy atom. The number of carboxylic acids is 1. The number of aliphatic carboxylic acids is 1. The van der Waals surface area contributed by atoms with E-state index in [9.17, 15) is 14.0 Å². The number of carbonyl (C=O) groups is 2. The Morgan fingerprint density at radius 3 is 2.40 bits per heavy atom. The molecule has 1 aromatic rings. The standard InChI is InChI=1S/C13H17FN2O4/c1-2-16(10-5-3-9(14)4-6-10)13(20)15-11(7-8-17)12(18)19/h3-6,11,17H,2,7-8H2,1H3,(H,15,20)(H,18,19)/t11-/m0/s1. The molecule has 0 aromatic heterocycles. The zero-order valence-electron chi connectivity index (χ0n) is 11.0. The van der Waals surface area contributed by atoms with Gasteiger partial charge in [-0.25, -0.2) is 14.0 Å². The minimum atomic E-state index is -1.22. The van der Waals surface area contributed by atoms with Crippen LogP contribution in [0.3, 0.4) is 0 Å². The summed E-state index contributed by atoms with van der Waals surface area (Å²) in [6.45, 7) is 1.66. The molecular weight excluding hydrogens is 267 g/mol. The average Bonchev–Trinajstić information content (AvgIpc) is 2.41. The zero-order chi connectivity index (χ0) is 15.1. The van der Waals surface area contributed by atoms with Crippen LogP contribution in [0.4, 0.5) is 14.9 Å². The highest BCUT2D eigenvalue weighted by atomic mass is 19.1. The van der Waals surface area contributed by atoms with Gasteiger partial charge in [-0.15, -0.1) is 0 Å². The number of rotatable bonds is 6. The van der Waals surface area contributed by atoms with Crippen LogP contribution < -0.4 is 10.2 Å². The summed E-state index contributed by atoms with van der Waals surface area (Å²) in [5, 5.41) is 20.0. The molecule has 110 valence electrons. The van der Waals surface area contributed by atoms with Gasteiger partial charge in [-0.1, -0.05) is 0 Å². The van der Waals surface area contributed by atoms with E-state index in [0.29, 0.717) is 12.2 Å². The number of aliphatic hydroxyl groups is 1. The minimum absolute atomic E-state index is 0.0813. The third-order valence-corrected chi connectivity index (χ3v) is 2.71. The summed E-state index contributed by atoms with van der Waals surface area (Å²) in [6, 6.07) is 3.52. The molecule has 0 radical (unpaired) electrons. The topological polar surface area (TPSA) is 89.9 Å². The summed E-state index contributed by atoms with van der Waals surface area (Å²) < 4.78 is 12.8. The Labute approximate surface area is 115 Å². The number of hydrogen-bond donors (Lipinski definition) is 3. The van der Waals surface area contributed by atoms with Crippen molar-refractivity contribution < 1.29 is 24.2 Å². The second kappa shape index (κ2) is 7.44. The van der Waals surface area contributed by atoms with Crippen molar-refractivity contribution in [1.29, 1.82) is 0 Å². The molecule has 20 heavy (non-hydrogen) atoms. The van der Waals surface area contributed by atoms with Crippen LogP contribution in [0.25, 0.3) is 0 Å². The second-order valence-corrected chi connectivity index (χ2v) is 4.07. The van der Waals surface area contributed by atoms with Crippen molar-refractivity contribution in [3.63, 3.8) is 0 Å². The minimum Gasteiger partial charge on any atom is -0.480 e. The van der Waals surface area contributed by atoms with Crippen LogP contribution in [0.5, 0.6) is 0 Å². The lowest BCUT2D eigenvalue weighted by molar-refractivity contribution is -0.139. The second-order valence-electron chi connectivity index (χ2n) is 4.07. The van der Waals surface area contributed by atoms with Gasteiger partial charge in [0.1, 0.15) is 11.9 Å². The Morgan fingerprint density at radius 1 is 1.35 bits per heavy atom. The quantitative estimate of drug-likeness (QED) is 0.732. The largest absolute Gasteiger partial charge is 0.480 e. The van der Waals surface area contributed by atoms with Crippen molar-refractivity contribution in [3.8, 4) is 0 Å². The van der Waals surface area contributed by atoms with Crippen molar-refractivity contribution in [2.45, 2.75) is 19.4 Å². The van der Waals surface area contributed by atoms with Gasteiger partial charge in [-0.2, -0.15) is 0 Å². The highest BCUT2D eigenvalue weighted by Gasteiger charge is 2.22. The molecule has 0 spiro atoms. The number of nitrogens with zero attached hydrogens (tertiary/aromatic N) is 1. The number of nitrogens with one attached hydrogen (secondary N) is 1. The zero-order valence-corrected chi connectivity index (χ0v) is 11.0. The van der Waals surface area contributed by atoms with E-state index in [0.717, 1.165) is 0 Å². The van der Waals surface area contributed by atoms with E-state index in [1.165, 1.54) is 29.2 Å². The molecule has 3 N–H and O–H groups in total. The number of aliphatic hydroxyl groups excluding tert-OH is 1. The molecule has 0 heterocycles. The molecule has 0 bridgehead atoms. The number of amides is 2. The molecule has 0 aliphatic rings. The summed E-state index contributed by atoms with van der Waals surface area (Å²) in [5.41, 5.74) is 0.458. The van der Waals surface area contributed by atoms with Gasteiger partial charge in [-0.05, 0) is 31.2 Å². The lowest BCUT2D eigenvalue weighted by Crippen LogP contribution is -2.48. The number of hydrogen-bond acceptors (Lipinski definition) is 3. The first-order chi connectivity index (χ1) is 9.49. The molecule has 0 saturated heterocycles. The van der Waals surface area contributed by atoms with Gasteiger partial charge < -0.3 is 15.5 Å². The van der Waals surface area contributed by atoms with Gasteiger partial charge in [0, 0.05) is 25.3 Å². The molecule has 2 amide bonds. The fourth-order valence-electron chi connectivity index (χ4n) is 1.68. The van der Waals surface area contributed by atoms with Crippen LogP contribution in [0.15, 0.2) is 24.3 Å². The van der Waals surface area contributed by atoms with Crippen LogP contribution in [0.1, 0.15) is 13.3 Å². The molecule has 6 nitrogen and oxygen atoms in total. The Kier molecular flexibility index (Phi) is 5.92. The fraction of sp³-hybridized carbons (Fsp3) is 0.385. The normalized spacial score (nSPS) is 11.8. The first-order valence-corrected chi connectivity index (χ1v) is 6.16. The van der Waals surface area contributed by atoms with Gasteiger partial charge in [0.25, 0.3) is 0 Å². The van der Waals surface area contributed by atoms with Crippen molar-refractivity contribution in [1.82, 2.24) is 5.32 Å². The summed E-state index contributed by atoms with van der Waals surface area (Å²) >= 11 is 0. The van der Waals surface area contributed by atoms with Crippen LogP contribution in [0, 0.1) is 5.82 Å². The maximum absolute atomic E-state index is 12.8. The van der Waals surface area contributed by atoms with Gasteiger partial charge >= 0.3 is 12.0 Å². The van der Waals surface area contributed by atoms with Gasteiger partial charge in [-0.3, -0.25) is 4.90 Å². The van der Waals surface area contributed by atoms with E-state index in [4.69, 9.17) is 10.2 Å². The third-order valence-electron chi connectivity index (χ3n) is 2.71. The van der Waals surface area contributed by atoms with E-state index >= 15 is 0 Å². The Balaban J connectivity index is 2.81. The van der Waals surface area contributed by atoms with Gasteiger partial charge in [0.05, 0.1) is 0 Å². The molecule has 1 aromatic carbocycles. The van der Waals surface area contributed by atoms with Crippen molar-refractivity contribution >= 4 is 17.7 Å².